The monoisotopic (exact) mass is 416 g/mol. The molecule has 29 heavy (non-hydrogen) atoms. The molecule has 3 atom stereocenters. The SMILES string of the molecule is CN1C[C@H](N2CCn3nc(C(F)(F)F)nc3C2)C[C@H](N)C1c1cc(F)ccc1F. The van der Waals surface area contributed by atoms with Gasteiger partial charge in [-0.2, -0.15) is 13.2 Å². The molecule has 158 valence electrons. The molecule has 0 amide bonds. The maximum atomic E-state index is 14.2. The normalized spacial score (nSPS) is 26.5. The second-order valence-corrected chi connectivity index (χ2v) is 7.65. The maximum absolute atomic E-state index is 14.2. The van der Waals surface area contributed by atoms with Crippen molar-refractivity contribution in [2.45, 2.75) is 43.8 Å². The Kier molecular flexibility index (Phi) is 5.07. The molecule has 1 saturated heterocycles. The molecule has 0 radical (unpaired) electrons. The summed E-state index contributed by atoms with van der Waals surface area (Å²) in [6.07, 6.45) is -4.07. The second-order valence-electron chi connectivity index (χ2n) is 7.65. The summed E-state index contributed by atoms with van der Waals surface area (Å²) in [5, 5.41) is 3.54. The molecule has 1 aromatic carbocycles. The number of rotatable bonds is 2. The van der Waals surface area contributed by atoms with E-state index in [0.29, 0.717) is 26.1 Å². The lowest BCUT2D eigenvalue weighted by Crippen LogP contribution is -2.56. The van der Waals surface area contributed by atoms with Crippen molar-refractivity contribution in [1.82, 2.24) is 24.6 Å². The zero-order valence-electron chi connectivity index (χ0n) is 15.7. The maximum Gasteiger partial charge on any atom is 0.453 e. The third-order valence-electron chi connectivity index (χ3n) is 5.66. The number of nitrogens with zero attached hydrogens (tertiary/aromatic N) is 5. The fourth-order valence-electron chi connectivity index (χ4n) is 4.35. The molecular weight excluding hydrogens is 395 g/mol. The van der Waals surface area contributed by atoms with Crippen LogP contribution in [0, 0.1) is 11.6 Å². The number of hydrogen-bond donors (Lipinski definition) is 1. The van der Waals surface area contributed by atoms with Gasteiger partial charge in [0.2, 0.25) is 0 Å². The average Bonchev–Trinajstić information content (AvgIpc) is 3.07. The molecule has 1 aromatic heterocycles. The number of alkyl halides is 3. The molecule has 0 aliphatic carbocycles. The Balaban J connectivity index is 1.50. The topological polar surface area (TPSA) is 63.2 Å². The van der Waals surface area contributed by atoms with Crippen LogP contribution in [-0.2, 0) is 19.3 Å². The minimum atomic E-state index is -4.58. The highest BCUT2D eigenvalue weighted by molar-refractivity contribution is 5.25. The van der Waals surface area contributed by atoms with E-state index < -0.39 is 35.7 Å². The van der Waals surface area contributed by atoms with Crippen LogP contribution < -0.4 is 5.73 Å². The van der Waals surface area contributed by atoms with Crippen molar-refractivity contribution in [3.05, 3.63) is 47.0 Å². The molecule has 0 saturated carbocycles. The molecule has 3 heterocycles. The molecule has 2 aliphatic heterocycles. The van der Waals surface area contributed by atoms with Gasteiger partial charge in [0.05, 0.1) is 19.1 Å². The van der Waals surface area contributed by atoms with Crippen LogP contribution in [0.1, 0.15) is 29.7 Å². The zero-order valence-corrected chi connectivity index (χ0v) is 15.7. The molecule has 0 spiro atoms. The summed E-state index contributed by atoms with van der Waals surface area (Å²) < 4.78 is 67.7. The first-order valence-electron chi connectivity index (χ1n) is 9.29. The van der Waals surface area contributed by atoms with Crippen LogP contribution in [-0.4, -0.2) is 56.8 Å². The van der Waals surface area contributed by atoms with Gasteiger partial charge in [-0.15, -0.1) is 5.10 Å². The summed E-state index contributed by atoms with van der Waals surface area (Å²) in [7, 11) is 1.79. The number of fused-ring (bicyclic) bond motifs is 1. The van der Waals surface area contributed by atoms with E-state index in [9.17, 15) is 22.0 Å². The number of benzene rings is 1. The molecule has 2 aliphatic rings. The van der Waals surface area contributed by atoms with E-state index in [2.05, 4.69) is 10.1 Å². The number of piperidine rings is 1. The van der Waals surface area contributed by atoms with E-state index in [0.717, 1.165) is 12.1 Å². The van der Waals surface area contributed by atoms with Crippen LogP contribution in [0.4, 0.5) is 22.0 Å². The zero-order chi connectivity index (χ0) is 20.9. The molecule has 2 aromatic rings. The number of hydrogen-bond acceptors (Lipinski definition) is 5. The smallest absolute Gasteiger partial charge is 0.326 e. The lowest BCUT2D eigenvalue weighted by atomic mass is 9.88. The molecule has 1 fully saturated rings. The van der Waals surface area contributed by atoms with Gasteiger partial charge in [0.1, 0.15) is 17.5 Å². The summed E-state index contributed by atoms with van der Waals surface area (Å²) in [5.41, 5.74) is 6.55. The molecule has 6 nitrogen and oxygen atoms in total. The molecule has 0 bridgehead atoms. The quantitative estimate of drug-likeness (QED) is 0.761. The van der Waals surface area contributed by atoms with E-state index in [4.69, 9.17) is 5.73 Å². The number of likely N-dealkylation sites (N-methyl/N-ethyl adjacent to an activating group) is 1. The van der Waals surface area contributed by atoms with E-state index >= 15 is 0 Å². The fourth-order valence-corrected chi connectivity index (χ4v) is 4.35. The molecule has 4 rings (SSSR count). The van der Waals surface area contributed by atoms with E-state index in [1.807, 2.05) is 9.80 Å². The predicted molar refractivity (Wildman–Crippen MR) is 93.5 cm³/mol. The fraction of sp³-hybridized carbons (Fsp3) is 0.556. The number of halogens is 5. The van der Waals surface area contributed by atoms with Gasteiger partial charge in [0, 0.05) is 30.7 Å². The van der Waals surface area contributed by atoms with Crippen molar-refractivity contribution in [1.29, 1.82) is 0 Å². The predicted octanol–water partition coefficient (Wildman–Crippen LogP) is 2.16. The van der Waals surface area contributed by atoms with Gasteiger partial charge < -0.3 is 5.73 Å². The van der Waals surface area contributed by atoms with E-state index in [-0.39, 0.29) is 24.0 Å². The van der Waals surface area contributed by atoms with E-state index in [1.165, 1.54) is 10.7 Å². The van der Waals surface area contributed by atoms with Crippen molar-refractivity contribution < 1.29 is 22.0 Å². The number of nitrogens with two attached hydrogens (primary N) is 1. The minimum Gasteiger partial charge on any atom is -0.326 e. The van der Waals surface area contributed by atoms with Crippen molar-refractivity contribution >= 4 is 0 Å². The molecule has 1 unspecified atom stereocenters. The Labute approximate surface area is 164 Å². The molecule has 11 heteroatoms. The van der Waals surface area contributed by atoms with Crippen LogP contribution in [0.15, 0.2) is 18.2 Å². The van der Waals surface area contributed by atoms with Gasteiger partial charge in [-0.1, -0.05) is 0 Å². The first-order chi connectivity index (χ1) is 13.6. The highest BCUT2D eigenvalue weighted by Crippen LogP contribution is 2.34. The number of aromatic nitrogens is 3. The van der Waals surface area contributed by atoms with Crippen LogP contribution in [0.25, 0.3) is 0 Å². The van der Waals surface area contributed by atoms with Crippen molar-refractivity contribution in [3.8, 4) is 0 Å². The third-order valence-corrected chi connectivity index (χ3v) is 5.66. The second kappa shape index (κ2) is 7.29. The molecule has 2 N–H and O–H groups in total. The van der Waals surface area contributed by atoms with Crippen LogP contribution in [0.3, 0.4) is 0 Å². The van der Waals surface area contributed by atoms with Crippen molar-refractivity contribution in [2.24, 2.45) is 5.73 Å². The largest absolute Gasteiger partial charge is 0.453 e. The van der Waals surface area contributed by atoms with Crippen molar-refractivity contribution in [3.63, 3.8) is 0 Å². The van der Waals surface area contributed by atoms with E-state index in [1.54, 1.807) is 7.05 Å². The minimum absolute atomic E-state index is 0.0392. The Morgan fingerprint density at radius 1 is 1.17 bits per heavy atom. The van der Waals surface area contributed by atoms with Crippen LogP contribution >= 0.6 is 0 Å². The Morgan fingerprint density at radius 3 is 2.62 bits per heavy atom. The number of likely N-dealkylation sites (tertiary alicyclic amines) is 1. The Morgan fingerprint density at radius 2 is 1.93 bits per heavy atom. The summed E-state index contributed by atoms with van der Waals surface area (Å²) in [6, 6.07) is 2.34. The Bertz CT molecular complexity index is 885. The van der Waals surface area contributed by atoms with Gasteiger partial charge in [0.25, 0.3) is 5.82 Å². The molecular formula is C18H21F5N6. The van der Waals surface area contributed by atoms with Crippen LogP contribution in [0.2, 0.25) is 0 Å². The highest BCUT2D eigenvalue weighted by atomic mass is 19.4. The standard InChI is InChI=1S/C18H21F5N6/c1-27-8-11(7-14(24)16(27)12-6-10(19)2-3-13(12)20)28-4-5-29-15(9-28)25-17(26-29)18(21,22)23/h2-3,6,11,14,16H,4-5,7-9,24H2,1H3/t11-,14+,16?/m1/s1. The Hall–Kier alpha value is -2.11. The van der Waals surface area contributed by atoms with Gasteiger partial charge in [-0.05, 0) is 31.7 Å². The lowest BCUT2D eigenvalue weighted by molar-refractivity contribution is -0.145. The van der Waals surface area contributed by atoms with Gasteiger partial charge in [-0.25, -0.2) is 18.4 Å². The van der Waals surface area contributed by atoms with Crippen LogP contribution in [0.5, 0.6) is 0 Å². The summed E-state index contributed by atoms with van der Waals surface area (Å²) in [4.78, 5) is 7.54. The summed E-state index contributed by atoms with van der Waals surface area (Å²) in [5.74, 6) is -1.91. The average molecular weight is 416 g/mol. The highest BCUT2D eigenvalue weighted by Gasteiger charge is 2.40. The van der Waals surface area contributed by atoms with Gasteiger partial charge >= 0.3 is 6.18 Å². The lowest BCUT2D eigenvalue weighted by Gasteiger charge is -2.46. The summed E-state index contributed by atoms with van der Waals surface area (Å²) in [6.45, 7) is 1.57. The third kappa shape index (κ3) is 3.86. The van der Waals surface area contributed by atoms with Crippen molar-refractivity contribution in [2.75, 3.05) is 20.1 Å². The van der Waals surface area contributed by atoms with Gasteiger partial charge in [-0.3, -0.25) is 9.80 Å². The van der Waals surface area contributed by atoms with Gasteiger partial charge in [0.15, 0.2) is 0 Å². The summed E-state index contributed by atoms with van der Waals surface area (Å²) >= 11 is 0. The first kappa shape index (κ1) is 20.2. The first-order valence-corrected chi connectivity index (χ1v) is 9.29.